The Labute approximate surface area is 163 Å². The standard InChI is InChI=1S/C16H23N5O.2CH2O2/c1-3-16-19-11(2)14(20-16)9-21-8-12(15(22)10-21)6-13-7-17-4-5-18-13;2*2-1-3/h4-5,7,12,15,22H,3,6,8-10H2,1-2H3,(H,19,20);2*1H,(H,2,3)/t12-,15-;;/m1../s1. The van der Waals surface area contributed by atoms with Crippen LogP contribution in [0.4, 0.5) is 0 Å². The van der Waals surface area contributed by atoms with Crippen LogP contribution in [0.25, 0.3) is 0 Å². The zero-order chi connectivity index (χ0) is 20.9. The smallest absolute Gasteiger partial charge is 0.290 e. The van der Waals surface area contributed by atoms with E-state index in [9.17, 15) is 5.11 Å². The van der Waals surface area contributed by atoms with Crippen LogP contribution in [0.1, 0.15) is 29.8 Å². The number of aliphatic hydroxyl groups excluding tert-OH is 1. The maximum Gasteiger partial charge on any atom is 0.290 e. The van der Waals surface area contributed by atoms with Gasteiger partial charge in [-0.1, -0.05) is 6.92 Å². The monoisotopic (exact) mass is 393 g/mol. The molecule has 10 nitrogen and oxygen atoms in total. The molecular weight excluding hydrogens is 366 g/mol. The summed E-state index contributed by atoms with van der Waals surface area (Å²) in [6.45, 7) is 6.00. The summed E-state index contributed by atoms with van der Waals surface area (Å²) in [5, 5.41) is 24.1. The first-order chi connectivity index (χ1) is 13.5. The molecule has 2 aromatic heterocycles. The average Bonchev–Trinajstić information content (AvgIpc) is 3.20. The Morgan fingerprint density at radius 3 is 2.46 bits per heavy atom. The van der Waals surface area contributed by atoms with Crippen LogP contribution in [0.2, 0.25) is 0 Å². The number of nitrogens with zero attached hydrogens (tertiary/aromatic N) is 4. The van der Waals surface area contributed by atoms with Gasteiger partial charge in [-0.25, -0.2) is 4.98 Å². The molecule has 0 radical (unpaired) electrons. The number of β-amino-alcohol motifs (C(OH)–C–C–N with tert-alkyl or cyclic N) is 1. The van der Waals surface area contributed by atoms with Crippen molar-refractivity contribution in [3.63, 3.8) is 0 Å². The van der Waals surface area contributed by atoms with E-state index in [0.29, 0.717) is 6.54 Å². The van der Waals surface area contributed by atoms with Gasteiger partial charge in [-0.15, -0.1) is 0 Å². The number of aromatic amines is 1. The lowest BCUT2D eigenvalue weighted by Crippen LogP contribution is -2.22. The molecule has 1 saturated heterocycles. The molecule has 3 heterocycles. The van der Waals surface area contributed by atoms with E-state index in [2.05, 4.69) is 38.7 Å². The van der Waals surface area contributed by atoms with Crippen LogP contribution in [0, 0.1) is 12.8 Å². The summed E-state index contributed by atoms with van der Waals surface area (Å²) in [5.41, 5.74) is 3.16. The third kappa shape index (κ3) is 7.41. The first-order valence-electron chi connectivity index (χ1n) is 8.84. The van der Waals surface area contributed by atoms with E-state index in [4.69, 9.17) is 19.8 Å². The summed E-state index contributed by atoms with van der Waals surface area (Å²) in [6.07, 6.45) is 6.53. The maximum atomic E-state index is 10.3. The lowest BCUT2D eigenvalue weighted by atomic mass is 10.0. The molecule has 0 saturated carbocycles. The van der Waals surface area contributed by atoms with E-state index in [0.717, 1.165) is 48.8 Å². The molecule has 28 heavy (non-hydrogen) atoms. The minimum atomic E-state index is -0.313. The Morgan fingerprint density at radius 2 is 1.93 bits per heavy atom. The molecule has 0 unspecified atom stereocenters. The van der Waals surface area contributed by atoms with Gasteiger partial charge in [0.15, 0.2) is 0 Å². The van der Waals surface area contributed by atoms with Crippen LogP contribution < -0.4 is 0 Å². The number of aliphatic hydroxyl groups is 1. The number of aromatic nitrogens is 4. The van der Waals surface area contributed by atoms with E-state index in [1.807, 2.05) is 0 Å². The second kappa shape index (κ2) is 12.5. The molecule has 0 aliphatic carbocycles. The largest absolute Gasteiger partial charge is 0.483 e. The third-order valence-corrected chi connectivity index (χ3v) is 4.31. The number of hydrogen-bond donors (Lipinski definition) is 4. The molecule has 1 aliphatic heterocycles. The molecule has 2 aromatic rings. The lowest BCUT2D eigenvalue weighted by molar-refractivity contribution is -0.123. The van der Waals surface area contributed by atoms with Crippen LogP contribution in [0.3, 0.4) is 0 Å². The average molecular weight is 393 g/mol. The topological polar surface area (TPSA) is 153 Å². The molecule has 10 heteroatoms. The van der Waals surface area contributed by atoms with E-state index < -0.39 is 0 Å². The second-order valence-electron chi connectivity index (χ2n) is 6.24. The Hall–Kier alpha value is -2.85. The molecule has 2 atom stereocenters. The van der Waals surface area contributed by atoms with Crippen LogP contribution >= 0.6 is 0 Å². The number of carboxylic acid groups (broad SMARTS) is 2. The number of aryl methyl sites for hydroxylation is 2. The van der Waals surface area contributed by atoms with Crippen molar-refractivity contribution in [2.45, 2.75) is 39.3 Å². The number of imidazole rings is 1. The molecule has 0 spiro atoms. The summed E-state index contributed by atoms with van der Waals surface area (Å²) < 4.78 is 0. The number of hydrogen-bond acceptors (Lipinski definition) is 7. The lowest BCUT2D eigenvalue weighted by Gasteiger charge is -2.14. The van der Waals surface area contributed by atoms with Gasteiger partial charge in [0.25, 0.3) is 12.9 Å². The SMILES string of the molecule is CCc1nc(CN2C[C@@H](Cc3cnccn3)[C@H](O)C2)c(C)[nH]1.O=CO.O=CO. The van der Waals surface area contributed by atoms with Crippen molar-refractivity contribution in [1.82, 2.24) is 24.8 Å². The number of carbonyl (C=O) groups is 2. The molecule has 0 bridgehead atoms. The Morgan fingerprint density at radius 1 is 1.25 bits per heavy atom. The van der Waals surface area contributed by atoms with Gasteiger partial charge in [-0.05, 0) is 13.3 Å². The molecule has 4 N–H and O–H groups in total. The summed E-state index contributed by atoms with van der Waals surface area (Å²) >= 11 is 0. The Bertz CT molecular complexity index is 704. The fraction of sp³-hybridized carbons (Fsp3) is 0.500. The van der Waals surface area contributed by atoms with Crippen molar-refractivity contribution in [1.29, 1.82) is 0 Å². The second-order valence-corrected chi connectivity index (χ2v) is 6.24. The predicted octanol–water partition coefficient (Wildman–Crippen LogP) is 0.508. The van der Waals surface area contributed by atoms with Gasteiger partial charge >= 0.3 is 0 Å². The van der Waals surface area contributed by atoms with Gasteiger partial charge in [0.1, 0.15) is 5.82 Å². The van der Waals surface area contributed by atoms with Gasteiger partial charge in [0, 0.05) is 56.3 Å². The Kier molecular flexibility index (Phi) is 10.4. The minimum absolute atomic E-state index is 0.210. The molecule has 3 rings (SSSR count). The zero-order valence-electron chi connectivity index (χ0n) is 16.0. The number of H-pyrrole nitrogens is 1. The summed E-state index contributed by atoms with van der Waals surface area (Å²) in [5.74, 6) is 1.24. The normalized spacial score (nSPS) is 18.4. The summed E-state index contributed by atoms with van der Waals surface area (Å²) in [6, 6.07) is 0. The quantitative estimate of drug-likeness (QED) is 0.532. The van der Waals surface area contributed by atoms with Crippen LogP contribution in [0.15, 0.2) is 18.6 Å². The highest BCUT2D eigenvalue weighted by Gasteiger charge is 2.32. The van der Waals surface area contributed by atoms with Crippen molar-refractivity contribution in [2.75, 3.05) is 13.1 Å². The van der Waals surface area contributed by atoms with Gasteiger partial charge < -0.3 is 20.3 Å². The first kappa shape index (κ1) is 23.2. The van der Waals surface area contributed by atoms with Gasteiger partial charge in [-0.3, -0.25) is 24.5 Å². The first-order valence-corrected chi connectivity index (χ1v) is 8.84. The van der Waals surface area contributed by atoms with Gasteiger partial charge in [0.2, 0.25) is 0 Å². The fourth-order valence-electron chi connectivity index (χ4n) is 3.07. The minimum Gasteiger partial charge on any atom is -0.483 e. The van der Waals surface area contributed by atoms with E-state index in [1.165, 1.54) is 0 Å². The third-order valence-electron chi connectivity index (χ3n) is 4.31. The molecule has 0 amide bonds. The number of likely N-dealkylation sites (tertiary alicyclic amines) is 1. The van der Waals surface area contributed by atoms with Gasteiger partial charge in [-0.2, -0.15) is 0 Å². The highest BCUT2D eigenvalue weighted by Crippen LogP contribution is 2.22. The van der Waals surface area contributed by atoms with Crippen molar-refractivity contribution < 1.29 is 24.9 Å². The van der Waals surface area contributed by atoms with Crippen molar-refractivity contribution in [3.8, 4) is 0 Å². The van der Waals surface area contributed by atoms with Crippen LogP contribution in [-0.4, -0.2) is 72.3 Å². The summed E-state index contributed by atoms with van der Waals surface area (Å²) in [4.78, 5) is 35.3. The van der Waals surface area contributed by atoms with Crippen molar-refractivity contribution in [3.05, 3.63) is 41.5 Å². The van der Waals surface area contributed by atoms with Crippen LogP contribution in [-0.2, 0) is 29.0 Å². The van der Waals surface area contributed by atoms with Gasteiger partial charge in [0.05, 0.1) is 17.5 Å². The Balaban J connectivity index is 0.000000582. The molecular formula is C18H27N5O5. The number of nitrogens with one attached hydrogen (secondary N) is 1. The molecule has 1 aliphatic rings. The molecule has 154 valence electrons. The highest BCUT2D eigenvalue weighted by molar-refractivity contribution is 5.33. The molecule has 1 fully saturated rings. The van der Waals surface area contributed by atoms with E-state index in [1.54, 1.807) is 18.6 Å². The summed E-state index contributed by atoms with van der Waals surface area (Å²) in [7, 11) is 0. The molecule has 0 aromatic carbocycles. The van der Waals surface area contributed by atoms with Crippen molar-refractivity contribution >= 4 is 12.9 Å². The van der Waals surface area contributed by atoms with Crippen LogP contribution in [0.5, 0.6) is 0 Å². The van der Waals surface area contributed by atoms with E-state index in [-0.39, 0.29) is 25.0 Å². The zero-order valence-corrected chi connectivity index (χ0v) is 16.0. The van der Waals surface area contributed by atoms with Crippen molar-refractivity contribution in [2.24, 2.45) is 5.92 Å². The van der Waals surface area contributed by atoms with E-state index >= 15 is 0 Å². The fourth-order valence-corrected chi connectivity index (χ4v) is 3.07. The number of rotatable bonds is 5. The highest BCUT2D eigenvalue weighted by atomic mass is 16.3. The predicted molar refractivity (Wildman–Crippen MR) is 101 cm³/mol. The maximum absolute atomic E-state index is 10.3.